The van der Waals surface area contributed by atoms with Crippen LogP contribution in [0, 0.1) is 17.7 Å². The van der Waals surface area contributed by atoms with E-state index in [0.29, 0.717) is 16.3 Å². The number of hydrogen-bond acceptors (Lipinski definition) is 2. The molecule has 2 aliphatic rings. The van der Waals surface area contributed by atoms with Gasteiger partial charge in [-0.2, -0.15) is 0 Å². The molecule has 0 aromatic heterocycles. The maximum atomic E-state index is 13.8. The van der Waals surface area contributed by atoms with E-state index < -0.39 is 5.82 Å². The number of benzene rings is 1. The fourth-order valence-electron chi connectivity index (χ4n) is 3.93. The SMILES string of the molecule is NC1CC2CCCC(C1)C2NC(=O)c1cc(Br)ccc1F. The summed E-state index contributed by atoms with van der Waals surface area (Å²) in [5, 5.41) is 3.07. The molecular formula is C16H20BrFN2O. The van der Waals surface area contributed by atoms with E-state index in [9.17, 15) is 9.18 Å². The molecule has 1 aromatic carbocycles. The zero-order valence-corrected chi connectivity index (χ0v) is 13.4. The van der Waals surface area contributed by atoms with E-state index >= 15 is 0 Å². The van der Waals surface area contributed by atoms with Crippen LogP contribution in [0.5, 0.6) is 0 Å². The monoisotopic (exact) mass is 354 g/mol. The minimum atomic E-state index is -0.478. The molecule has 0 spiro atoms. The van der Waals surface area contributed by atoms with E-state index in [-0.39, 0.29) is 23.6 Å². The van der Waals surface area contributed by atoms with Gasteiger partial charge in [0.2, 0.25) is 0 Å². The predicted molar refractivity (Wildman–Crippen MR) is 83.4 cm³/mol. The number of hydrogen-bond donors (Lipinski definition) is 2. The summed E-state index contributed by atoms with van der Waals surface area (Å²) in [4.78, 5) is 12.4. The first-order chi connectivity index (χ1) is 10.0. The number of carbonyl (C=O) groups excluding carboxylic acids is 1. The number of carbonyl (C=O) groups is 1. The molecule has 2 fully saturated rings. The molecule has 0 heterocycles. The summed E-state index contributed by atoms with van der Waals surface area (Å²) in [6.07, 6.45) is 5.34. The lowest BCUT2D eigenvalue weighted by Gasteiger charge is -2.45. The van der Waals surface area contributed by atoms with Crippen LogP contribution in [-0.4, -0.2) is 18.0 Å². The van der Waals surface area contributed by atoms with Crippen LogP contribution in [0.2, 0.25) is 0 Å². The van der Waals surface area contributed by atoms with Gasteiger partial charge in [0.25, 0.3) is 5.91 Å². The molecule has 3 N–H and O–H groups in total. The molecule has 1 amide bonds. The number of nitrogens with two attached hydrogens (primary N) is 1. The second-order valence-electron chi connectivity index (χ2n) is 6.31. The highest BCUT2D eigenvalue weighted by molar-refractivity contribution is 9.10. The lowest BCUT2D eigenvalue weighted by atomic mass is 9.67. The second-order valence-corrected chi connectivity index (χ2v) is 7.22. The zero-order chi connectivity index (χ0) is 15.0. The first-order valence-corrected chi connectivity index (χ1v) is 8.35. The lowest BCUT2D eigenvalue weighted by Crippen LogP contribution is -2.53. The van der Waals surface area contributed by atoms with Gasteiger partial charge in [0.15, 0.2) is 0 Å². The van der Waals surface area contributed by atoms with Crippen LogP contribution in [0.4, 0.5) is 4.39 Å². The van der Waals surface area contributed by atoms with Gasteiger partial charge in [-0.3, -0.25) is 4.79 Å². The van der Waals surface area contributed by atoms with Gasteiger partial charge < -0.3 is 11.1 Å². The van der Waals surface area contributed by atoms with Gasteiger partial charge in [0, 0.05) is 16.6 Å². The van der Waals surface area contributed by atoms with Crippen molar-refractivity contribution in [2.24, 2.45) is 17.6 Å². The third-order valence-corrected chi connectivity index (χ3v) is 5.34. The first-order valence-electron chi connectivity index (χ1n) is 7.56. The number of halogens is 2. The molecule has 0 radical (unpaired) electrons. The normalized spacial score (nSPS) is 31.8. The van der Waals surface area contributed by atoms with Crippen LogP contribution in [0.3, 0.4) is 0 Å². The maximum Gasteiger partial charge on any atom is 0.254 e. The van der Waals surface area contributed by atoms with Gasteiger partial charge in [0.1, 0.15) is 5.82 Å². The fraction of sp³-hybridized carbons (Fsp3) is 0.562. The van der Waals surface area contributed by atoms with Crippen molar-refractivity contribution in [1.29, 1.82) is 0 Å². The maximum absolute atomic E-state index is 13.8. The second kappa shape index (κ2) is 6.05. The summed E-state index contributed by atoms with van der Waals surface area (Å²) in [7, 11) is 0. The van der Waals surface area contributed by atoms with Crippen LogP contribution < -0.4 is 11.1 Å². The Hall–Kier alpha value is -0.940. The van der Waals surface area contributed by atoms with Gasteiger partial charge in [-0.15, -0.1) is 0 Å². The highest BCUT2D eigenvalue weighted by atomic mass is 79.9. The Balaban J connectivity index is 1.76. The highest BCUT2D eigenvalue weighted by Crippen LogP contribution is 2.39. The number of fused-ring (bicyclic) bond motifs is 2. The van der Waals surface area contributed by atoms with Crippen molar-refractivity contribution in [2.45, 2.75) is 44.2 Å². The Kier molecular flexibility index (Phi) is 4.31. The quantitative estimate of drug-likeness (QED) is 0.856. The minimum absolute atomic E-state index is 0.109. The Bertz CT molecular complexity index is 537. The third kappa shape index (κ3) is 3.14. The largest absolute Gasteiger partial charge is 0.349 e. The molecule has 2 unspecified atom stereocenters. The molecule has 21 heavy (non-hydrogen) atoms. The predicted octanol–water partition coefficient (Wildman–Crippen LogP) is 3.22. The fourth-order valence-corrected chi connectivity index (χ4v) is 4.29. The molecule has 0 saturated heterocycles. The van der Waals surface area contributed by atoms with Crippen molar-refractivity contribution in [3.8, 4) is 0 Å². The van der Waals surface area contributed by atoms with E-state index in [4.69, 9.17) is 5.73 Å². The average Bonchev–Trinajstić information content (AvgIpc) is 2.42. The standard InChI is InChI=1S/C16H20BrFN2O/c17-11-4-5-14(18)13(8-11)16(21)20-15-9-2-1-3-10(15)7-12(19)6-9/h4-5,8-10,12,15H,1-3,6-7,19H2,(H,20,21). The molecule has 114 valence electrons. The van der Waals surface area contributed by atoms with Crippen LogP contribution >= 0.6 is 15.9 Å². The molecule has 2 bridgehead atoms. The molecular weight excluding hydrogens is 335 g/mol. The topological polar surface area (TPSA) is 55.1 Å². The van der Waals surface area contributed by atoms with E-state index in [0.717, 1.165) is 25.7 Å². The molecule has 3 rings (SSSR count). The number of nitrogens with one attached hydrogen (secondary N) is 1. The first kappa shape index (κ1) is 15.0. The highest BCUT2D eigenvalue weighted by Gasteiger charge is 2.40. The summed E-state index contributed by atoms with van der Waals surface area (Å²) >= 11 is 3.28. The zero-order valence-electron chi connectivity index (χ0n) is 11.8. The van der Waals surface area contributed by atoms with Crippen LogP contribution in [-0.2, 0) is 0 Å². The van der Waals surface area contributed by atoms with E-state index in [1.165, 1.54) is 18.6 Å². The molecule has 5 heteroatoms. The lowest BCUT2D eigenvalue weighted by molar-refractivity contribution is 0.0752. The van der Waals surface area contributed by atoms with Crippen molar-refractivity contribution in [1.82, 2.24) is 5.32 Å². The van der Waals surface area contributed by atoms with Crippen molar-refractivity contribution in [2.75, 3.05) is 0 Å². The molecule has 2 atom stereocenters. The van der Waals surface area contributed by atoms with Crippen molar-refractivity contribution >= 4 is 21.8 Å². The van der Waals surface area contributed by atoms with E-state index in [1.54, 1.807) is 6.07 Å². The van der Waals surface area contributed by atoms with Gasteiger partial charge >= 0.3 is 0 Å². The van der Waals surface area contributed by atoms with Crippen LogP contribution in [0.25, 0.3) is 0 Å². The van der Waals surface area contributed by atoms with E-state index in [2.05, 4.69) is 21.2 Å². The Morgan fingerprint density at radius 2 is 1.95 bits per heavy atom. The summed E-state index contributed by atoms with van der Waals surface area (Å²) < 4.78 is 14.5. The number of rotatable bonds is 2. The smallest absolute Gasteiger partial charge is 0.254 e. The average molecular weight is 355 g/mol. The van der Waals surface area contributed by atoms with Gasteiger partial charge in [-0.1, -0.05) is 22.4 Å². The van der Waals surface area contributed by atoms with Crippen LogP contribution in [0.15, 0.2) is 22.7 Å². The Labute approximate surface area is 132 Å². The Morgan fingerprint density at radius 3 is 2.62 bits per heavy atom. The molecule has 2 saturated carbocycles. The molecule has 3 nitrogen and oxygen atoms in total. The van der Waals surface area contributed by atoms with Gasteiger partial charge in [-0.25, -0.2) is 4.39 Å². The molecule has 2 aliphatic carbocycles. The van der Waals surface area contributed by atoms with E-state index in [1.807, 2.05) is 0 Å². The minimum Gasteiger partial charge on any atom is -0.349 e. The number of amides is 1. The van der Waals surface area contributed by atoms with Crippen LogP contribution in [0.1, 0.15) is 42.5 Å². The summed E-state index contributed by atoms with van der Waals surface area (Å²) in [5.74, 6) is 0.0814. The van der Waals surface area contributed by atoms with Crippen molar-refractivity contribution < 1.29 is 9.18 Å². The molecule has 1 aromatic rings. The third-order valence-electron chi connectivity index (χ3n) is 4.85. The van der Waals surface area contributed by atoms with Gasteiger partial charge in [-0.05, 0) is 55.7 Å². The van der Waals surface area contributed by atoms with Crippen molar-refractivity contribution in [3.63, 3.8) is 0 Å². The Morgan fingerprint density at radius 1 is 1.29 bits per heavy atom. The summed E-state index contributed by atoms with van der Waals surface area (Å²) in [6, 6.07) is 4.84. The van der Waals surface area contributed by atoms with Crippen molar-refractivity contribution in [3.05, 3.63) is 34.1 Å². The molecule has 0 aliphatic heterocycles. The van der Waals surface area contributed by atoms with Gasteiger partial charge in [0.05, 0.1) is 5.56 Å². The summed E-state index contributed by atoms with van der Waals surface area (Å²) in [6.45, 7) is 0. The summed E-state index contributed by atoms with van der Waals surface area (Å²) in [5.41, 5.74) is 6.20.